The minimum atomic E-state index is -0.942. The summed E-state index contributed by atoms with van der Waals surface area (Å²) >= 11 is 0. The highest BCUT2D eigenvalue weighted by Gasteiger charge is 2.35. The van der Waals surface area contributed by atoms with Crippen LogP contribution in [-0.2, 0) is 11.2 Å². The topological polar surface area (TPSA) is 95.3 Å². The molecule has 0 fully saturated rings. The quantitative estimate of drug-likeness (QED) is 0.480. The van der Waals surface area contributed by atoms with Gasteiger partial charge < -0.3 is 14.5 Å². The molecule has 2 aromatic carbocycles. The van der Waals surface area contributed by atoms with Crippen LogP contribution in [0, 0.1) is 0 Å². The zero-order chi connectivity index (χ0) is 21.0. The van der Waals surface area contributed by atoms with E-state index in [1.54, 1.807) is 6.07 Å². The van der Waals surface area contributed by atoms with Crippen molar-refractivity contribution in [3.05, 3.63) is 81.3 Å². The number of benzene rings is 2. The number of carboxylic acid groups (broad SMARTS) is 1. The Kier molecular flexibility index (Phi) is 4.25. The van der Waals surface area contributed by atoms with Gasteiger partial charge in [-0.25, -0.2) is 0 Å². The molecule has 3 N–H and O–H groups in total. The molecule has 0 unspecified atom stereocenters. The molecule has 2 aromatic heterocycles. The number of nitrogens with one attached hydrogen (secondary N) is 2. The van der Waals surface area contributed by atoms with Crippen LogP contribution in [0.25, 0.3) is 21.9 Å². The van der Waals surface area contributed by atoms with Crippen molar-refractivity contribution in [3.8, 4) is 0 Å². The Morgan fingerprint density at radius 3 is 2.73 bits per heavy atom. The van der Waals surface area contributed by atoms with E-state index in [9.17, 15) is 14.7 Å². The highest BCUT2D eigenvalue weighted by atomic mass is 16.4. The normalized spacial score (nSPS) is 18.8. The maximum absolute atomic E-state index is 13.3. The van der Waals surface area contributed by atoms with Crippen molar-refractivity contribution in [2.24, 2.45) is 0 Å². The second-order valence-electron chi connectivity index (χ2n) is 8.19. The fourth-order valence-electron chi connectivity index (χ4n) is 4.36. The van der Waals surface area contributed by atoms with Crippen molar-refractivity contribution in [1.29, 1.82) is 0 Å². The van der Waals surface area contributed by atoms with Gasteiger partial charge in [-0.2, -0.15) is 0 Å². The summed E-state index contributed by atoms with van der Waals surface area (Å²) in [5.74, 6) is -0.618. The lowest BCUT2D eigenvalue weighted by molar-refractivity contribution is -0.139. The third kappa shape index (κ3) is 2.83. The standard InChI is InChI=1S/C24H22N2O4/c1-12(2)13-7-8-15-20(9-13)30-11-17(23(15)27)22-21-16(10-19(26-22)24(28)29)14-5-3-4-6-18(14)25-21/h3-9,11-12,19,22,25-26H,10H2,1-2H3,(H,28,29)/t19-,22+/m1/s1. The summed E-state index contributed by atoms with van der Waals surface area (Å²) in [6, 6.07) is 12.0. The first-order chi connectivity index (χ1) is 14.4. The van der Waals surface area contributed by atoms with Crippen LogP contribution < -0.4 is 10.7 Å². The minimum Gasteiger partial charge on any atom is -0.480 e. The zero-order valence-electron chi connectivity index (χ0n) is 16.7. The van der Waals surface area contributed by atoms with Gasteiger partial charge in [0.15, 0.2) is 5.43 Å². The summed E-state index contributed by atoms with van der Waals surface area (Å²) < 4.78 is 5.85. The van der Waals surface area contributed by atoms with Gasteiger partial charge in [0.1, 0.15) is 17.9 Å². The largest absolute Gasteiger partial charge is 0.480 e. The molecule has 1 aliphatic heterocycles. The van der Waals surface area contributed by atoms with E-state index in [0.29, 0.717) is 28.9 Å². The summed E-state index contributed by atoms with van der Waals surface area (Å²) in [5, 5.41) is 14.3. The molecule has 1 aliphatic rings. The van der Waals surface area contributed by atoms with Crippen LogP contribution in [0.2, 0.25) is 0 Å². The summed E-state index contributed by atoms with van der Waals surface area (Å²) in [7, 11) is 0. The molecule has 30 heavy (non-hydrogen) atoms. The van der Waals surface area contributed by atoms with Gasteiger partial charge in [-0.05, 0) is 35.2 Å². The Morgan fingerprint density at radius 2 is 1.97 bits per heavy atom. The summed E-state index contributed by atoms with van der Waals surface area (Å²) in [4.78, 5) is 28.6. The van der Waals surface area contributed by atoms with Crippen LogP contribution >= 0.6 is 0 Å². The number of hydrogen-bond acceptors (Lipinski definition) is 4. The number of H-pyrrole nitrogens is 1. The van der Waals surface area contributed by atoms with Gasteiger partial charge in [0, 0.05) is 23.0 Å². The van der Waals surface area contributed by atoms with Crippen LogP contribution in [0.3, 0.4) is 0 Å². The first-order valence-corrected chi connectivity index (χ1v) is 10.1. The van der Waals surface area contributed by atoms with E-state index in [1.165, 1.54) is 6.26 Å². The molecular weight excluding hydrogens is 380 g/mol. The summed E-state index contributed by atoms with van der Waals surface area (Å²) in [6.07, 6.45) is 1.81. The van der Waals surface area contributed by atoms with E-state index in [2.05, 4.69) is 24.1 Å². The first kappa shape index (κ1) is 18.6. The van der Waals surface area contributed by atoms with Crippen LogP contribution in [0.1, 0.15) is 48.2 Å². The minimum absolute atomic E-state index is 0.153. The molecule has 3 heterocycles. The third-order valence-corrected chi connectivity index (χ3v) is 6.01. The van der Waals surface area contributed by atoms with Gasteiger partial charge in [0.05, 0.1) is 17.0 Å². The summed E-state index contributed by atoms with van der Waals surface area (Å²) in [5.41, 5.74) is 4.55. The van der Waals surface area contributed by atoms with Crippen molar-refractivity contribution in [2.75, 3.05) is 0 Å². The molecule has 0 amide bonds. The second kappa shape index (κ2) is 6.85. The van der Waals surface area contributed by atoms with Gasteiger partial charge in [0.25, 0.3) is 0 Å². The van der Waals surface area contributed by atoms with Gasteiger partial charge >= 0.3 is 5.97 Å². The maximum atomic E-state index is 13.3. The van der Waals surface area contributed by atoms with Crippen molar-refractivity contribution in [1.82, 2.24) is 10.3 Å². The molecule has 0 saturated carbocycles. The predicted octanol–water partition coefficient (Wildman–Crippen LogP) is 4.09. The molecule has 152 valence electrons. The molecular formula is C24H22N2O4. The molecule has 0 bridgehead atoms. The van der Waals surface area contributed by atoms with E-state index < -0.39 is 18.1 Å². The molecule has 0 aliphatic carbocycles. The number of carboxylic acids is 1. The molecule has 2 atom stereocenters. The first-order valence-electron chi connectivity index (χ1n) is 10.1. The van der Waals surface area contributed by atoms with E-state index >= 15 is 0 Å². The molecule has 6 nitrogen and oxygen atoms in total. The lowest BCUT2D eigenvalue weighted by atomic mass is 9.90. The van der Waals surface area contributed by atoms with Gasteiger partial charge in [-0.3, -0.25) is 14.9 Å². The molecule has 6 heteroatoms. The van der Waals surface area contributed by atoms with Crippen LogP contribution in [0.15, 0.2) is 57.9 Å². The van der Waals surface area contributed by atoms with Crippen LogP contribution in [0.5, 0.6) is 0 Å². The Hall–Kier alpha value is -3.38. The number of hydrogen-bond donors (Lipinski definition) is 3. The number of aromatic nitrogens is 1. The number of carbonyl (C=O) groups is 1. The van der Waals surface area contributed by atoms with Crippen LogP contribution in [0.4, 0.5) is 0 Å². The van der Waals surface area contributed by atoms with E-state index in [4.69, 9.17) is 4.42 Å². The third-order valence-electron chi connectivity index (χ3n) is 6.01. The molecule has 4 aromatic rings. The average molecular weight is 402 g/mol. The number of aliphatic carboxylic acids is 1. The van der Waals surface area contributed by atoms with E-state index in [0.717, 1.165) is 27.7 Å². The smallest absolute Gasteiger partial charge is 0.321 e. The fourth-order valence-corrected chi connectivity index (χ4v) is 4.36. The summed E-state index contributed by atoms with van der Waals surface area (Å²) in [6.45, 7) is 4.17. The second-order valence-corrected chi connectivity index (χ2v) is 8.19. The predicted molar refractivity (Wildman–Crippen MR) is 115 cm³/mol. The van der Waals surface area contributed by atoms with E-state index in [1.807, 2.05) is 36.4 Å². The van der Waals surface area contributed by atoms with Gasteiger partial charge in [-0.1, -0.05) is 38.1 Å². The zero-order valence-corrected chi connectivity index (χ0v) is 16.7. The Balaban J connectivity index is 1.70. The highest BCUT2D eigenvalue weighted by molar-refractivity contribution is 5.87. The number of aromatic amines is 1. The van der Waals surface area contributed by atoms with E-state index in [-0.39, 0.29) is 5.43 Å². The number of fused-ring (bicyclic) bond motifs is 4. The lowest BCUT2D eigenvalue weighted by Gasteiger charge is -2.29. The Morgan fingerprint density at radius 1 is 1.17 bits per heavy atom. The maximum Gasteiger partial charge on any atom is 0.321 e. The monoisotopic (exact) mass is 402 g/mol. The number of rotatable bonds is 3. The van der Waals surface area contributed by atoms with Crippen molar-refractivity contribution in [2.45, 2.75) is 38.3 Å². The van der Waals surface area contributed by atoms with Gasteiger partial charge in [-0.15, -0.1) is 0 Å². The van der Waals surface area contributed by atoms with Crippen molar-refractivity contribution in [3.63, 3.8) is 0 Å². The average Bonchev–Trinajstić information content (AvgIpc) is 3.12. The molecule has 0 saturated heterocycles. The van der Waals surface area contributed by atoms with Crippen molar-refractivity contribution < 1.29 is 14.3 Å². The Labute approximate surface area is 172 Å². The van der Waals surface area contributed by atoms with Gasteiger partial charge in [0.2, 0.25) is 0 Å². The SMILES string of the molecule is CC(C)c1ccc2c(=O)c([C@@H]3N[C@@H](C(=O)O)Cc4c3[nH]c3ccccc43)coc2c1. The molecule has 0 spiro atoms. The number of para-hydroxylation sites is 1. The van der Waals surface area contributed by atoms with Crippen LogP contribution in [-0.4, -0.2) is 22.1 Å². The highest BCUT2D eigenvalue weighted by Crippen LogP contribution is 2.35. The lowest BCUT2D eigenvalue weighted by Crippen LogP contribution is -2.46. The molecule has 5 rings (SSSR count). The molecule has 0 radical (unpaired) electrons. The Bertz CT molecular complexity index is 1350. The fraction of sp³-hybridized carbons (Fsp3) is 0.250. The van der Waals surface area contributed by atoms with Crippen molar-refractivity contribution >= 4 is 27.8 Å².